The second-order valence-electron chi connectivity index (χ2n) is 4.19. The summed E-state index contributed by atoms with van der Waals surface area (Å²) in [6.45, 7) is 5.61. The van der Waals surface area contributed by atoms with Crippen molar-refractivity contribution in [2.24, 2.45) is 0 Å². The molecule has 94 valence electrons. The Balaban J connectivity index is 3.23. The maximum absolute atomic E-state index is 13.2. The number of aryl methyl sites for hydroxylation is 1. The lowest BCUT2D eigenvalue weighted by Gasteiger charge is -2.29. The van der Waals surface area contributed by atoms with Gasteiger partial charge in [-0.25, -0.2) is 4.39 Å². The van der Waals surface area contributed by atoms with Gasteiger partial charge in [-0.1, -0.05) is 19.9 Å². The van der Waals surface area contributed by atoms with Crippen molar-refractivity contribution >= 4 is 5.78 Å². The Morgan fingerprint density at radius 2 is 1.94 bits per heavy atom. The molecule has 0 saturated carbocycles. The molecular formula is C14H19FO2. The largest absolute Gasteiger partial charge is 0.370 e. The first kappa shape index (κ1) is 13.8. The van der Waals surface area contributed by atoms with Crippen molar-refractivity contribution in [3.8, 4) is 0 Å². The quantitative estimate of drug-likeness (QED) is 0.734. The fraction of sp³-hybridized carbons (Fsp3) is 0.500. The van der Waals surface area contributed by atoms with Crippen LogP contribution in [0.2, 0.25) is 0 Å². The van der Waals surface area contributed by atoms with Gasteiger partial charge in [0.05, 0.1) is 0 Å². The number of carbonyl (C=O) groups is 1. The first-order valence-electron chi connectivity index (χ1n) is 5.86. The molecule has 2 nitrogen and oxygen atoms in total. The maximum atomic E-state index is 13.2. The lowest BCUT2D eigenvalue weighted by Crippen LogP contribution is -2.40. The van der Waals surface area contributed by atoms with E-state index in [-0.39, 0.29) is 5.78 Å². The van der Waals surface area contributed by atoms with E-state index >= 15 is 0 Å². The second-order valence-corrected chi connectivity index (χ2v) is 4.19. The number of ether oxygens (including phenoxy) is 1. The number of rotatable bonds is 5. The molecule has 1 aromatic rings. The molecule has 0 unspecified atom stereocenters. The Bertz CT molecular complexity index is 400. The summed E-state index contributed by atoms with van der Waals surface area (Å²) in [6, 6.07) is 4.27. The highest BCUT2D eigenvalue weighted by Crippen LogP contribution is 2.26. The van der Waals surface area contributed by atoms with E-state index in [4.69, 9.17) is 4.74 Å². The molecule has 1 aromatic carbocycles. The van der Waals surface area contributed by atoms with Crippen LogP contribution in [0, 0.1) is 12.7 Å². The van der Waals surface area contributed by atoms with Crippen molar-refractivity contribution in [3.05, 3.63) is 35.1 Å². The molecule has 1 rings (SSSR count). The fourth-order valence-electron chi connectivity index (χ4n) is 2.04. The molecule has 0 aliphatic rings. The highest BCUT2D eigenvalue weighted by Gasteiger charge is 2.36. The Morgan fingerprint density at radius 1 is 1.35 bits per heavy atom. The summed E-state index contributed by atoms with van der Waals surface area (Å²) in [5, 5.41) is 0. The van der Waals surface area contributed by atoms with E-state index < -0.39 is 11.4 Å². The van der Waals surface area contributed by atoms with Gasteiger partial charge in [-0.3, -0.25) is 4.79 Å². The fourth-order valence-corrected chi connectivity index (χ4v) is 2.04. The van der Waals surface area contributed by atoms with E-state index in [1.165, 1.54) is 19.2 Å². The molecule has 0 aliphatic carbocycles. The van der Waals surface area contributed by atoms with Gasteiger partial charge in [0.25, 0.3) is 0 Å². The number of halogens is 1. The zero-order valence-corrected chi connectivity index (χ0v) is 10.8. The molecule has 17 heavy (non-hydrogen) atoms. The highest BCUT2D eigenvalue weighted by atomic mass is 19.1. The molecule has 0 heterocycles. The Labute approximate surface area is 102 Å². The first-order valence-corrected chi connectivity index (χ1v) is 5.86. The zero-order valence-electron chi connectivity index (χ0n) is 10.8. The van der Waals surface area contributed by atoms with Crippen LogP contribution in [0.15, 0.2) is 18.2 Å². The Hall–Kier alpha value is -1.22. The number of Topliss-reactive ketones (excluding diaryl/α,β-unsaturated/α-hetero) is 1. The molecule has 0 spiro atoms. The molecule has 0 aromatic heterocycles. The molecule has 0 aliphatic heterocycles. The number of hydrogen-bond acceptors (Lipinski definition) is 2. The van der Waals surface area contributed by atoms with Gasteiger partial charge in [-0.15, -0.1) is 0 Å². The highest BCUT2D eigenvalue weighted by molar-refractivity contribution is 6.03. The molecule has 0 amide bonds. The van der Waals surface area contributed by atoms with E-state index in [2.05, 4.69) is 0 Å². The summed E-state index contributed by atoms with van der Waals surface area (Å²) in [5.41, 5.74) is 0.355. The third kappa shape index (κ3) is 2.55. The number of benzene rings is 1. The van der Waals surface area contributed by atoms with Crippen LogP contribution in [0.4, 0.5) is 4.39 Å². The van der Waals surface area contributed by atoms with Gasteiger partial charge in [0.2, 0.25) is 0 Å². The van der Waals surface area contributed by atoms with Crippen molar-refractivity contribution in [2.45, 2.75) is 39.2 Å². The minimum Gasteiger partial charge on any atom is -0.370 e. The summed E-state index contributed by atoms with van der Waals surface area (Å²) in [6.07, 6.45) is 1.16. The number of carbonyl (C=O) groups excluding carboxylic acids is 1. The standard InChI is InChI=1S/C14H19FO2/c1-5-14(6-2,17-4)13(16)12-9-11(15)8-7-10(12)3/h7-9H,5-6H2,1-4H3. The summed E-state index contributed by atoms with van der Waals surface area (Å²) >= 11 is 0. The lowest BCUT2D eigenvalue weighted by atomic mass is 9.86. The number of hydrogen-bond donors (Lipinski definition) is 0. The third-order valence-corrected chi connectivity index (χ3v) is 3.39. The molecule has 0 atom stereocenters. The number of ketones is 1. The normalized spacial score (nSPS) is 11.6. The molecule has 0 radical (unpaired) electrons. The van der Waals surface area contributed by atoms with E-state index in [0.717, 1.165) is 5.56 Å². The summed E-state index contributed by atoms with van der Waals surface area (Å²) in [4.78, 5) is 12.4. The van der Waals surface area contributed by atoms with Gasteiger partial charge >= 0.3 is 0 Å². The van der Waals surface area contributed by atoms with Gasteiger partial charge < -0.3 is 4.74 Å². The number of methoxy groups -OCH3 is 1. The van der Waals surface area contributed by atoms with Crippen molar-refractivity contribution in [3.63, 3.8) is 0 Å². The lowest BCUT2D eigenvalue weighted by molar-refractivity contribution is -0.00269. The van der Waals surface area contributed by atoms with Crippen LogP contribution in [0.25, 0.3) is 0 Å². The van der Waals surface area contributed by atoms with E-state index in [1.807, 2.05) is 13.8 Å². The van der Waals surface area contributed by atoms with Gasteiger partial charge in [0.1, 0.15) is 11.4 Å². The van der Waals surface area contributed by atoms with Crippen molar-refractivity contribution in [1.29, 1.82) is 0 Å². The van der Waals surface area contributed by atoms with Crippen LogP contribution in [-0.4, -0.2) is 18.5 Å². The minimum atomic E-state index is -0.835. The minimum absolute atomic E-state index is 0.137. The predicted molar refractivity (Wildman–Crippen MR) is 65.8 cm³/mol. The van der Waals surface area contributed by atoms with Crippen LogP contribution >= 0.6 is 0 Å². The maximum Gasteiger partial charge on any atom is 0.194 e. The molecule has 0 bridgehead atoms. The van der Waals surface area contributed by atoms with Crippen molar-refractivity contribution < 1.29 is 13.9 Å². The topological polar surface area (TPSA) is 26.3 Å². The average Bonchev–Trinajstić information content (AvgIpc) is 2.35. The van der Waals surface area contributed by atoms with Gasteiger partial charge in [-0.05, 0) is 37.5 Å². The van der Waals surface area contributed by atoms with Gasteiger partial charge in [0.15, 0.2) is 5.78 Å². The SMILES string of the molecule is CCC(CC)(OC)C(=O)c1cc(F)ccc1C. The molecule has 0 N–H and O–H groups in total. The summed E-state index contributed by atoms with van der Waals surface area (Å²) in [7, 11) is 1.53. The molecule has 3 heteroatoms. The van der Waals surface area contributed by atoms with Gasteiger partial charge in [-0.2, -0.15) is 0 Å². The van der Waals surface area contributed by atoms with Gasteiger partial charge in [0, 0.05) is 12.7 Å². The monoisotopic (exact) mass is 238 g/mol. The van der Waals surface area contributed by atoms with E-state index in [1.54, 1.807) is 13.0 Å². The first-order chi connectivity index (χ1) is 8.00. The Morgan fingerprint density at radius 3 is 2.41 bits per heavy atom. The van der Waals surface area contributed by atoms with Crippen LogP contribution in [-0.2, 0) is 4.74 Å². The predicted octanol–water partition coefficient (Wildman–Crippen LogP) is 3.52. The van der Waals surface area contributed by atoms with E-state index in [0.29, 0.717) is 18.4 Å². The van der Waals surface area contributed by atoms with Crippen molar-refractivity contribution in [1.82, 2.24) is 0 Å². The van der Waals surface area contributed by atoms with Crippen LogP contribution in [0.3, 0.4) is 0 Å². The van der Waals surface area contributed by atoms with Crippen LogP contribution < -0.4 is 0 Å². The summed E-state index contributed by atoms with van der Waals surface area (Å²) in [5.74, 6) is -0.529. The Kier molecular flexibility index (Phi) is 4.40. The molecular weight excluding hydrogens is 219 g/mol. The van der Waals surface area contributed by atoms with Crippen molar-refractivity contribution in [2.75, 3.05) is 7.11 Å². The second kappa shape index (κ2) is 5.41. The average molecular weight is 238 g/mol. The zero-order chi connectivity index (χ0) is 13.1. The van der Waals surface area contributed by atoms with E-state index in [9.17, 15) is 9.18 Å². The van der Waals surface area contributed by atoms with Crippen LogP contribution in [0.1, 0.15) is 42.6 Å². The smallest absolute Gasteiger partial charge is 0.194 e. The molecule has 0 fully saturated rings. The molecule has 0 saturated heterocycles. The van der Waals surface area contributed by atoms with Crippen LogP contribution in [0.5, 0.6) is 0 Å². The summed E-state index contributed by atoms with van der Waals surface area (Å²) < 4.78 is 18.6. The third-order valence-electron chi connectivity index (χ3n) is 3.39.